The Balaban J connectivity index is 1.55. The number of aromatic nitrogens is 1. The first-order chi connectivity index (χ1) is 14.2. The maximum Gasteiger partial charge on any atom is 0.262 e. The van der Waals surface area contributed by atoms with Gasteiger partial charge in [0.1, 0.15) is 5.82 Å². The maximum absolute atomic E-state index is 15.9. The van der Waals surface area contributed by atoms with Gasteiger partial charge in [-0.3, -0.25) is 15.1 Å². The van der Waals surface area contributed by atoms with Gasteiger partial charge in [-0.25, -0.2) is 8.78 Å². The summed E-state index contributed by atoms with van der Waals surface area (Å²) in [6.07, 6.45) is 1.68. The Morgan fingerprint density at radius 2 is 2.07 bits per heavy atom. The first-order valence-corrected chi connectivity index (χ1v) is 10.1. The van der Waals surface area contributed by atoms with Crippen molar-refractivity contribution in [3.63, 3.8) is 0 Å². The van der Waals surface area contributed by atoms with Crippen LogP contribution in [0.15, 0.2) is 36.5 Å². The molecule has 1 amide bonds. The lowest BCUT2D eigenvalue weighted by Gasteiger charge is -2.44. The summed E-state index contributed by atoms with van der Waals surface area (Å²) in [5, 5.41) is 26.3. The number of carbonyl (C=O) groups is 1. The molecule has 6 nitrogen and oxygen atoms in total. The number of alkyl halides is 1. The molecule has 160 valence electrons. The smallest absolute Gasteiger partial charge is 0.262 e. The van der Waals surface area contributed by atoms with Crippen molar-refractivity contribution in [3.8, 4) is 0 Å². The summed E-state index contributed by atoms with van der Waals surface area (Å²) in [7, 11) is 0. The molecule has 1 fully saturated rings. The van der Waals surface area contributed by atoms with Gasteiger partial charge < -0.3 is 15.5 Å². The summed E-state index contributed by atoms with van der Waals surface area (Å²) >= 11 is 5.98. The number of benzene rings is 1. The molecule has 0 spiro atoms. The Bertz CT molecular complexity index is 972. The summed E-state index contributed by atoms with van der Waals surface area (Å²) in [5.41, 5.74) is -3.46. The fourth-order valence-corrected chi connectivity index (χ4v) is 4.30. The van der Waals surface area contributed by atoms with Crippen LogP contribution in [0.2, 0.25) is 5.02 Å². The third-order valence-electron chi connectivity index (χ3n) is 5.83. The van der Waals surface area contributed by atoms with E-state index >= 15 is 4.39 Å². The Morgan fingerprint density at radius 3 is 2.77 bits per heavy atom. The van der Waals surface area contributed by atoms with Gasteiger partial charge in [0.2, 0.25) is 5.67 Å². The van der Waals surface area contributed by atoms with Gasteiger partial charge in [-0.05, 0) is 49.4 Å². The highest BCUT2D eigenvalue weighted by Gasteiger charge is 2.53. The second kappa shape index (κ2) is 7.85. The van der Waals surface area contributed by atoms with E-state index in [0.29, 0.717) is 18.4 Å². The molecule has 2 aliphatic carbocycles. The molecule has 0 saturated heterocycles. The number of aliphatic hydroxyl groups excluding tert-OH is 1. The van der Waals surface area contributed by atoms with E-state index in [0.717, 1.165) is 6.07 Å². The van der Waals surface area contributed by atoms with Crippen LogP contribution in [0, 0.1) is 5.82 Å². The second-order valence-electron chi connectivity index (χ2n) is 7.95. The lowest BCUT2D eigenvalue weighted by atomic mass is 9.76. The Morgan fingerprint density at radius 1 is 1.30 bits per heavy atom. The molecule has 2 aliphatic rings. The Labute approximate surface area is 177 Å². The number of nitrogens with zero attached hydrogens (tertiary/aromatic N) is 1. The van der Waals surface area contributed by atoms with Crippen LogP contribution in [0.25, 0.3) is 0 Å². The van der Waals surface area contributed by atoms with E-state index in [9.17, 15) is 19.4 Å². The number of aliphatic hydroxyl groups is 2. The molecule has 0 unspecified atom stereocenters. The van der Waals surface area contributed by atoms with Crippen molar-refractivity contribution in [2.75, 3.05) is 0 Å². The average Bonchev–Trinajstić information content (AvgIpc) is 2.69. The molecule has 4 rings (SSSR count). The van der Waals surface area contributed by atoms with Crippen molar-refractivity contribution < 1.29 is 23.8 Å². The zero-order valence-corrected chi connectivity index (χ0v) is 16.8. The first kappa shape index (κ1) is 21.1. The highest BCUT2D eigenvalue weighted by molar-refractivity contribution is 6.31. The van der Waals surface area contributed by atoms with E-state index < -0.39 is 29.2 Å². The number of halogens is 3. The van der Waals surface area contributed by atoms with Crippen molar-refractivity contribution in [2.45, 2.75) is 55.8 Å². The molecule has 9 heteroatoms. The fourth-order valence-electron chi connectivity index (χ4n) is 4.06. The Hall–Kier alpha value is -2.13. The normalized spacial score (nSPS) is 30.3. The molecule has 0 bridgehead atoms. The standard InChI is InChI=1S/C21H22ClF2N3O3/c22-17-8-13(23)4-3-12(17)11-26-19(29)20(24)5-6-21(30,27-14-9-15(28)10-14)18-16(20)2-1-7-25-18/h1-4,7-8,14-15,27-28,30H,5-6,9-11H2,(H,26,29)/t14?,15?,20-,21-/m0/s1. The predicted molar refractivity (Wildman–Crippen MR) is 106 cm³/mol. The van der Waals surface area contributed by atoms with Crippen LogP contribution in [0.3, 0.4) is 0 Å². The van der Waals surface area contributed by atoms with E-state index in [-0.39, 0.29) is 41.7 Å². The van der Waals surface area contributed by atoms with Gasteiger partial charge >= 0.3 is 0 Å². The van der Waals surface area contributed by atoms with E-state index in [1.807, 2.05) is 0 Å². The molecule has 1 aromatic carbocycles. The van der Waals surface area contributed by atoms with Crippen LogP contribution < -0.4 is 10.6 Å². The van der Waals surface area contributed by atoms with Crippen LogP contribution in [-0.2, 0) is 22.7 Å². The van der Waals surface area contributed by atoms with E-state index in [1.165, 1.54) is 30.5 Å². The number of amides is 1. The summed E-state index contributed by atoms with van der Waals surface area (Å²) in [6.45, 7) is -0.0678. The highest BCUT2D eigenvalue weighted by Crippen LogP contribution is 2.45. The molecular formula is C21H22ClF2N3O3. The van der Waals surface area contributed by atoms with Gasteiger partial charge in [-0.2, -0.15) is 0 Å². The molecule has 1 aromatic heterocycles. The largest absolute Gasteiger partial charge is 0.393 e. The number of nitrogens with one attached hydrogen (secondary N) is 2. The predicted octanol–water partition coefficient (Wildman–Crippen LogP) is 2.41. The molecule has 2 atom stereocenters. The monoisotopic (exact) mass is 437 g/mol. The SMILES string of the molecule is O=C(NCc1ccc(F)cc1Cl)[C@]1(F)CC[C@@](O)(NC2CC(O)C2)c2ncccc21. The van der Waals surface area contributed by atoms with Gasteiger partial charge in [-0.15, -0.1) is 0 Å². The molecular weight excluding hydrogens is 416 g/mol. The number of hydrogen-bond acceptors (Lipinski definition) is 5. The van der Waals surface area contributed by atoms with Crippen molar-refractivity contribution >= 4 is 17.5 Å². The molecule has 1 saturated carbocycles. The van der Waals surface area contributed by atoms with E-state index in [4.69, 9.17) is 11.6 Å². The zero-order chi connectivity index (χ0) is 21.5. The highest BCUT2D eigenvalue weighted by atomic mass is 35.5. The lowest BCUT2D eigenvalue weighted by molar-refractivity contribution is -0.139. The number of pyridine rings is 1. The Kier molecular flexibility index (Phi) is 5.52. The minimum absolute atomic E-state index is 0.00572. The van der Waals surface area contributed by atoms with Crippen molar-refractivity contribution in [1.29, 1.82) is 0 Å². The number of fused-ring (bicyclic) bond motifs is 1. The summed E-state index contributed by atoms with van der Waals surface area (Å²) in [4.78, 5) is 17.0. The van der Waals surface area contributed by atoms with Crippen molar-refractivity contribution in [1.82, 2.24) is 15.6 Å². The minimum atomic E-state index is -2.39. The van der Waals surface area contributed by atoms with E-state index in [1.54, 1.807) is 0 Å². The fraction of sp³-hybridized carbons (Fsp3) is 0.429. The molecule has 0 radical (unpaired) electrons. The quantitative estimate of drug-likeness (QED) is 0.539. The van der Waals surface area contributed by atoms with E-state index in [2.05, 4.69) is 15.6 Å². The van der Waals surface area contributed by atoms with Crippen LogP contribution >= 0.6 is 11.6 Å². The second-order valence-corrected chi connectivity index (χ2v) is 8.35. The van der Waals surface area contributed by atoms with Gasteiger partial charge in [0.15, 0.2) is 5.72 Å². The van der Waals surface area contributed by atoms with Crippen molar-refractivity contribution in [2.24, 2.45) is 0 Å². The summed E-state index contributed by atoms with van der Waals surface area (Å²) in [6, 6.07) is 6.60. The van der Waals surface area contributed by atoms with Crippen molar-refractivity contribution in [3.05, 3.63) is 64.2 Å². The first-order valence-electron chi connectivity index (χ1n) is 9.76. The molecule has 4 N–H and O–H groups in total. The van der Waals surface area contributed by atoms with Crippen LogP contribution in [-0.4, -0.2) is 33.3 Å². The molecule has 2 aromatic rings. The van der Waals surface area contributed by atoms with Gasteiger partial charge in [0.25, 0.3) is 5.91 Å². The number of carbonyl (C=O) groups excluding carboxylic acids is 1. The molecule has 30 heavy (non-hydrogen) atoms. The van der Waals surface area contributed by atoms with Crippen LogP contribution in [0.5, 0.6) is 0 Å². The van der Waals surface area contributed by atoms with Crippen LogP contribution in [0.4, 0.5) is 8.78 Å². The lowest BCUT2D eigenvalue weighted by Crippen LogP contribution is -2.58. The molecule has 0 aliphatic heterocycles. The van der Waals surface area contributed by atoms with Gasteiger partial charge in [0.05, 0.1) is 11.8 Å². The zero-order valence-electron chi connectivity index (χ0n) is 16.0. The minimum Gasteiger partial charge on any atom is -0.393 e. The summed E-state index contributed by atoms with van der Waals surface area (Å²) < 4.78 is 29.1. The topological polar surface area (TPSA) is 94.5 Å². The summed E-state index contributed by atoms with van der Waals surface area (Å²) in [5.74, 6) is -1.38. The van der Waals surface area contributed by atoms with Gasteiger partial charge in [-0.1, -0.05) is 23.7 Å². The number of rotatable bonds is 5. The molecule has 1 heterocycles. The van der Waals surface area contributed by atoms with Gasteiger partial charge in [0, 0.05) is 29.4 Å². The third-order valence-corrected chi connectivity index (χ3v) is 6.18. The van der Waals surface area contributed by atoms with Crippen LogP contribution in [0.1, 0.15) is 42.5 Å². The average molecular weight is 438 g/mol. The maximum atomic E-state index is 15.9. The number of hydrogen-bond donors (Lipinski definition) is 4. The third kappa shape index (κ3) is 3.80.